The number of para-hydroxylation sites is 1. The van der Waals surface area contributed by atoms with Gasteiger partial charge < -0.3 is 10.1 Å². The first-order chi connectivity index (χ1) is 10.3. The fraction of sp³-hybridized carbons (Fsp3) is 0.647. The molecule has 3 aliphatic rings. The summed E-state index contributed by atoms with van der Waals surface area (Å²) in [6.45, 7) is 5.11. The molecule has 3 aliphatic heterocycles. The van der Waals surface area contributed by atoms with E-state index in [9.17, 15) is 0 Å². The van der Waals surface area contributed by atoms with Crippen LogP contribution < -0.4 is 10.1 Å². The Bertz CT molecular complexity index is 519. The van der Waals surface area contributed by atoms with Crippen molar-refractivity contribution in [3.63, 3.8) is 0 Å². The van der Waals surface area contributed by atoms with E-state index in [2.05, 4.69) is 40.4 Å². The number of nitrogens with one attached hydrogen (secondary N) is 1. The van der Waals surface area contributed by atoms with E-state index in [-0.39, 0.29) is 0 Å². The van der Waals surface area contributed by atoms with Gasteiger partial charge in [0, 0.05) is 43.8 Å². The molecule has 0 radical (unpaired) electrons. The van der Waals surface area contributed by atoms with E-state index in [0.29, 0.717) is 0 Å². The van der Waals surface area contributed by atoms with Gasteiger partial charge in [-0.15, -0.1) is 0 Å². The van der Waals surface area contributed by atoms with Crippen molar-refractivity contribution >= 4 is 5.69 Å². The number of rotatable bonds is 2. The van der Waals surface area contributed by atoms with Crippen LogP contribution in [0.4, 0.5) is 5.69 Å². The second-order valence-corrected chi connectivity index (χ2v) is 6.64. The predicted molar refractivity (Wildman–Crippen MR) is 84.9 cm³/mol. The van der Waals surface area contributed by atoms with Gasteiger partial charge in [-0.3, -0.25) is 9.80 Å². The average molecular weight is 287 g/mol. The molecule has 4 rings (SSSR count). The zero-order valence-electron chi connectivity index (χ0n) is 12.8. The SMILES string of the molecule is CN1C2CCC1CN(Cc1cccc3c1OCCN3)CC2. The van der Waals surface area contributed by atoms with E-state index in [4.69, 9.17) is 4.74 Å². The smallest absolute Gasteiger partial charge is 0.146 e. The largest absolute Gasteiger partial charge is 0.489 e. The van der Waals surface area contributed by atoms with E-state index in [1.165, 1.54) is 37.9 Å². The lowest BCUT2D eigenvalue weighted by molar-refractivity contribution is 0.212. The maximum atomic E-state index is 5.91. The van der Waals surface area contributed by atoms with E-state index in [1.54, 1.807) is 0 Å². The molecule has 4 nitrogen and oxygen atoms in total. The van der Waals surface area contributed by atoms with Gasteiger partial charge in [0.2, 0.25) is 0 Å². The normalized spacial score (nSPS) is 29.4. The van der Waals surface area contributed by atoms with Crippen LogP contribution in [0.5, 0.6) is 5.75 Å². The minimum absolute atomic E-state index is 0.746. The average Bonchev–Trinajstić information content (AvgIpc) is 2.76. The van der Waals surface area contributed by atoms with Crippen LogP contribution in [0, 0.1) is 0 Å². The minimum atomic E-state index is 0.746. The number of anilines is 1. The summed E-state index contributed by atoms with van der Waals surface area (Å²) in [7, 11) is 2.31. The van der Waals surface area contributed by atoms with Gasteiger partial charge >= 0.3 is 0 Å². The van der Waals surface area contributed by atoms with Gasteiger partial charge in [-0.05, 0) is 32.4 Å². The Hall–Kier alpha value is -1.26. The van der Waals surface area contributed by atoms with Crippen molar-refractivity contribution in [3.8, 4) is 5.75 Å². The highest BCUT2D eigenvalue weighted by Crippen LogP contribution is 2.34. The Balaban J connectivity index is 1.51. The first-order valence-electron chi connectivity index (χ1n) is 8.24. The summed E-state index contributed by atoms with van der Waals surface area (Å²) < 4.78 is 5.91. The summed E-state index contributed by atoms with van der Waals surface area (Å²) in [5.74, 6) is 1.08. The summed E-state index contributed by atoms with van der Waals surface area (Å²) in [6.07, 6.45) is 4.06. The first-order valence-corrected chi connectivity index (χ1v) is 8.24. The lowest BCUT2D eigenvalue weighted by Crippen LogP contribution is -2.36. The molecule has 0 spiro atoms. The Kier molecular flexibility index (Phi) is 3.51. The Morgan fingerprint density at radius 2 is 2.14 bits per heavy atom. The highest BCUT2D eigenvalue weighted by Gasteiger charge is 2.34. The number of likely N-dealkylation sites (N-methyl/N-ethyl adjacent to an activating group) is 1. The van der Waals surface area contributed by atoms with Crippen molar-refractivity contribution in [2.24, 2.45) is 0 Å². The number of hydrogen-bond acceptors (Lipinski definition) is 4. The van der Waals surface area contributed by atoms with Crippen LogP contribution in [0.2, 0.25) is 0 Å². The topological polar surface area (TPSA) is 27.7 Å². The number of nitrogens with zero attached hydrogens (tertiary/aromatic N) is 2. The summed E-state index contributed by atoms with van der Waals surface area (Å²) in [4.78, 5) is 5.23. The predicted octanol–water partition coefficient (Wildman–Crippen LogP) is 2.16. The minimum Gasteiger partial charge on any atom is -0.489 e. The Labute approximate surface area is 127 Å². The third-order valence-electron chi connectivity index (χ3n) is 5.39. The molecule has 1 aromatic carbocycles. The molecule has 2 unspecified atom stereocenters. The standard InChI is InChI=1S/C17H25N3O/c1-19-14-5-6-15(19)12-20(9-7-14)11-13-3-2-4-16-17(13)21-10-8-18-16/h2-4,14-15,18H,5-12H2,1H3. The third kappa shape index (κ3) is 2.51. The molecule has 2 atom stereocenters. The molecule has 4 heteroatoms. The highest BCUT2D eigenvalue weighted by atomic mass is 16.5. The van der Waals surface area contributed by atoms with Crippen LogP contribution in [0.25, 0.3) is 0 Å². The van der Waals surface area contributed by atoms with Crippen molar-refractivity contribution in [1.29, 1.82) is 0 Å². The molecule has 21 heavy (non-hydrogen) atoms. The zero-order valence-corrected chi connectivity index (χ0v) is 12.8. The Morgan fingerprint density at radius 1 is 1.24 bits per heavy atom. The number of hydrogen-bond donors (Lipinski definition) is 1. The van der Waals surface area contributed by atoms with Crippen LogP contribution in [-0.4, -0.2) is 55.2 Å². The summed E-state index contributed by atoms with van der Waals surface area (Å²) in [5, 5.41) is 3.43. The molecule has 114 valence electrons. The Morgan fingerprint density at radius 3 is 3.10 bits per heavy atom. The first kappa shape index (κ1) is 13.4. The highest BCUT2D eigenvalue weighted by molar-refractivity contribution is 5.61. The molecule has 0 aliphatic carbocycles. The lowest BCUT2D eigenvalue weighted by atomic mass is 10.1. The van der Waals surface area contributed by atoms with Crippen molar-refractivity contribution in [3.05, 3.63) is 23.8 Å². The second kappa shape index (κ2) is 5.50. The molecule has 2 saturated heterocycles. The number of fused-ring (bicyclic) bond motifs is 3. The van der Waals surface area contributed by atoms with E-state index < -0.39 is 0 Å². The van der Waals surface area contributed by atoms with Crippen LogP contribution in [0.15, 0.2) is 18.2 Å². The van der Waals surface area contributed by atoms with Crippen molar-refractivity contribution in [2.75, 3.05) is 38.6 Å². The van der Waals surface area contributed by atoms with E-state index in [1.807, 2.05) is 0 Å². The van der Waals surface area contributed by atoms with Crippen LogP contribution in [0.1, 0.15) is 24.8 Å². The molecular weight excluding hydrogens is 262 g/mol. The fourth-order valence-corrected chi connectivity index (χ4v) is 4.12. The lowest BCUT2D eigenvalue weighted by Gasteiger charge is -2.28. The second-order valence-electron chi connectivity index (χ2n) is 6.64. The van der Waals surface area contributed by atoms with Crippen molar-refractivity contribution < 1.29 is 4.74 Å². The molecule has 1 N–H and O–H groups in total. The maximum Gasteiger partial charge on any atom is 0.146 e. The number of likely N-dealkylation sites (tertiary alicyclic amines) is 1. The van der Waals surface area contributed by atoms with Gasteiger partial charge in [0.25, 0.3) is 0 Å². The van der Waals surface area contributed by atoms with E-state index >= 15 is 0 Å². The van der Waals surface area contributed by atoms with Gasteiger partial charge in [0.05, 0.1) is 5.69 Å². The van der Waals surface area contributed by atoms with Gasteiger partial charge in [0.15, 0.2) is 0 Å². The van der Waals surface area contributed by atoms with Gasteiger partial charge in [-0.25, -0.2) is 0 Å². The van der Waals surface area contributed by atoms with Gasteiger partial charge in [-0.2, -0.15) is 0 Å². The van der Waals surface area contributed by atoms with Crippen LogP contribution in [-0.2, 0) is 6.54 Å². The fourth-order valence-electron chi connectivity index (χ4n) is 4.12. The van der Waals surface area contributed by atoms with Crippen molar-refractivity contribution in [1.82, 2.24) is 9.80 Å². The third-order valence-corrected chi connectivity index (χ3v) is 5.39. The van der Waals surface area contributed by atoms with Crippen molar-refractivity contribution in [2.45, 2.75) is 37.9 Å². The molecule has 0 aromatic heterocycles. The molecule has 2 bridgehead atoms. The summed E-state index contributed by atoms with van der Waals surface area (Å²) >= 11 is 0. The van der Waals surface area contributed by atoms with Crippen LogP contribution >= 0.6 is 0 Å². The van der Waals surface area contributed by atoms with Gasteiger partial charge in [0.1, 0.15) is 12.4 Å². The number of benzene rings is 1. The molecule has 2 fully saturated rings. The van der Waals surface area contributed by atoms with Gasteiger partial charge in [-0.1, -0.05) is 12.1 Å². The molecule has 0 amide bonds. The maximum absolute atomic E-state index is 5.91. The molecule has 1 aromatic rings. The molecular formula is C17H25N3O. The molecule has 3 heterocycles. The van der Waals surface area contributed by atoms with E-state index in [0.717, 1.165) is 43.2 Å². The monoisotopic (exact) mass is 287 g/mol. The molecule has 0 saturated carbocycles. The summed E-state index contributed by atoms with van der Waals surface area (Å²) in [6, 6.07) is 8.04. The summed E-state index contributed by atoms with van der Waals surface area (Å²) in [5.41, 5.74) is 2.49. The number of ether oxygens (including phenoxy) is 1. The zero-order chi connectivity index (χ0) is 14.2. The van der Waals surface area contributed by atoms with Crippen LogP contribution in [0.3, 0.4) is 0 Å². The quantitative estimate of drug-likeness (QED) is 0.902.